The largest absolute Gasteiger partial charge is 0.335 e. The second-order valence-corrected chi connectivity index (χ2v) is 10.1. The first-order chi connectivity index (χ1) is 13.1. The van der Waals surface area contributed by atoms with Crippen molar-refractivity contribution in [2.24, 2.45) is 5.92 Å². The molecule has 0 spiro atoms. The Morgan fingerprint density at radius 1 is 1.04 bits per heavy atom. The van der Waals surface area contributed by atoms with Crippen molar-refractivity contribution < 1.29 is 9.59 Å². The number of carbonyl (C=O) groups excluding carboxylic acids is 2. The molecule has 7 heteroatoms. The van der Waals surface area contributed by atoms with E-state index in [0.29, 0.717) is 23.7 Å². The summed E-state index contributed by atoms with van der Waals surface area (Å²) in [7, 11) is 0. The lowest BCUT2D eigenvalue weighted by Gasteiger charge is -2.53. The molecule has 4 fully saturated rings. The second kappa shape index (κ2) is 8.29. The fourth-order valence-electron chi connectivity index (χ4n) is 5.65. The van der Waals surface area contributed by atoms with Crippen molar-refractivity contribution in [3.05, 3.63) is 0 Å². The number of nitrogens with one attached hydrogen (secondary N) is 2. The molecule has 6 atom stereocenters. The van der Waals surface area contributed by atoms with Crippen LogP contribution in [0, 0.1) is 5.92 Å². The molecule has 152 valence electrons. The Morgan fingerprint density at radius 3 is 2.52 bits per heavy atom. The number of hydrogen-bond acceptors (Lipinski definition) is 5. The number of fused-ring (bicyclic) bond motifs is 1. The Kier molecular flexibility index (Phi) is 6.00. The number of piperazine rings is 1. The molecule has 3 heterocycles. The first-order valence-electron chi connectivity index (χ1n) is 10.7. The van der Waals surface area contributed by atoms with Gasteiger partial charge in [0.05, 0.1) is 22.7 Å². The number of rotatable bonds is 2. The number of carbonyl (C=O) groups is 2. The summed E-state index contributed by atoms with van der Waals surface area (Å²) >= 11 is 1.84. The Balaban J connectivity index is 1.44. The van der Waals surface area contributed by atoms with Crippen LogP contribution in [0.4, 0.5) is 0 Å². The summed E-state index contributed by atoms with van der Waals surface area (Å²) in [6.07, 6.45) is 6.88. The van der Waals surface area contributed by atoms with Crippen LogP contribution in [0.5, 0.6) is 0 Å². The van der Waals surface area contributed by atoms with E-state index in [4.69, 9.17) is 0 Å². The Hall–Kier alpha value is -0.790. The van der Waals surface area contributed by atoms with Crippen molar-refractivity contribution in [3.63, 3.8) is 0 Å². The van der Waals surface area contributed by atoms with Crippen LogP contribution in [0.3, 0.4) is 0 Å². The molecule has 5 unspecified atom stereocenters. The fraction of sp³-hybridized carbons (Fsp3) is 0.900. The molecule has 0 aromatic heterocycles. The van der Waals surface area contributed by atoms with E-state index >= 15 is 0 Å². The molecule has 1 saturated carbocycles. The first kappa shape index (κ1) is 19.5. The summed E-state index contributed by atoms with van der Waals surface area (Å²) in [5.41, 5.74) is 0. The standard InChI is InChI=1S/C20H34N4O2S/c1-13-12-23(16-7-3-4-8-17(16)24(13)14(2)25)20(26)18-11-22-19(27-18)15-6-5-9-21-10-15/h13,15-19,21-22H,3-12H2,1-2H3/t13-,15?,16?,17?,18?,19?/m0/s1. The zero-order chi connectivity index (χ0) is 19.0. The number of piperidine rings is 1. The van der Waals surface area contributed by atoms with E-state index in [1.165, 1.54) is 12.8 Å². The topological polar surface area (TPSA) is 64.7 Å². The van der Waals surface area contributed by atoms with E-state index in [1.807, 2.05) is 11.8 Å². The third-order valence-corrected chi connectivity index (χ3v) is 8.43. The number of amides is 2. The Labute approximate surface area is 167 Å². The smallest absolute Gasteiger partial charge is 0.237 e. The van der Waals surface area contributed by atoms with Crippen molar-refractivity contribution in [2.45, 2.75) is 81.1 Å². The van der Waals surface area contributed by atoms with Crippen LogP contribution in [-0.2, 0) is 9.59 Å². The van der Waals surface area contributed by atoms with Gasteiger partial charge in [-0.05, 0) is 45.1 Å². The lowest BCUT2D eigenvalue weighted by Crippen LogP contribution is -2.67. The van der Waals surface area contributed by atoms with Gasteiger partial charge >= 0.3 is 0 Å². The van der Waals surface area contributed by atoms with Gasteiger partial charge in [0.2, 0.25) is 11.8 Å². The SMILES string of the molecule is CC(=O)N1C2CCCCC2N(C(=O)C2CNC(C3CCCNC3)S2)C[C@@H]1C. The zero-order valence-electron chi connectivity index (χ0n) is 16.7. The molecule has 0 radical (unpaired) electrons. The van der Waals surface area contributed by atoms with Gasteiger partial charge < -0.3 is 20.4 Å². The van der Waals surface area contributed by atoms with E-state index in [0.717, 1.165) is 45.3 Å². The van der Waals surface area contributed by atoms with Gasteiger partial charge in [-0.25, -0.2) is 0 Å². The highest BCUT2D eigenvalue weighted by Crippen LogP contribution is 2.37. The van der Waals surface area contributed by atoms with Gasteiger partial charge in [0.15, 0.2) is 0 Å². The summed E-state index contributed by atoms with van der Waals surface area (Å²) in [6.45, 7) is 7.43. The third kappa shape index (κ3) is 3.87. The highest BCUT2D eigenvalue weighted by molar-refractivity contribution is 8.01. The highest BCUT2D eigenvalue weighted by atomic mass is 32.2. The van der Waals surface area contributed by atoms with Gasteiger partial charge in [-0.2, -0.15) is 0 Å². The predicted octanol–water partition coefficient (Wildman–Crippen LogP) is 1.41. The van der Waals surface area contributed by atoms with Gasteiger partial charge in [-0.1, -0.05) is 12.8 Å². The molecular weight excluding hydrogens is 360 g/mol. The molecule has 4 aliphatic rings. The summed E-state index contributed by atoms with van der Waals surface area (Å²) in [5, 5.41) is 7.53. The van der Waals surface area contributed by atoms with Gasteiger partial charge in [-0.15, -0.1) is 11.8 Å². The van der Waals surface area contributed by atoms with Crippen molar-refractivity contribution in [3.8, 4) is 0 Å². The molecule has 4 rings (SSSR count). The molecular formula is C20H34N4O2S. The molecule has 3 aliphatic heterocycles. The Bertz CT molecular complexity index is 568. The first-order valence-corrected chi connectivity index (χ1v) is 11.7. The van der Waals surface area contributed by atoms with E-state index in [1.54, 1.807) is 6.92 Å². The van der Waals surface area contributed by atoms with Crippen molar-refractivity contribution >= 4 is 23.6 Å². The monoisotopic (exact) mass is 394 g/mol. The summed E-state index contributed by atoms with van der Waals surface area (Å²) in [4.78, 5) is 29.9. The van der Waals surface area contributed by atoms with Gasteiger partial charge in [0, 0.05) is 32.6 Å². The molecule has 0 aromatic rings. The van der Waals surface area contributed by atoms with E-state index in [2.05, 4.69) is 27.4 Å². The fourth-order valence-corrected chi connectivity index (χ4v) is 7.10. The predicted molar refractivity (Wildman–Crippen MR) is 109 cm³/mol. The molecule has 6 nitrogen and oxygen atoms in total. The van der Waals surface area contributed by atoms with Gasteiger partial charge in [0.1, 0.15) is 0 Å². The minimum Gasteiger partial charge on any atom is -0.335 e. The normalized spacial score (nSPS) is 39.9. The average molecular weight is 395 g/mol. The van der Waals surface area contributed by atoms with Crippen LogP contribution in [0.1, 0.15) is 52.4 Å². The maximum absolute atomic E-state index is 13.5. The van der Waals surface area contributed by atoms with Crippen LogP contribution >= 0.6 is 11.8 Å². The molecule has 2 amide bonds. The Morgan fingerprint density at radius 2 is 1.81 bits per heavy atom. The summed E-state index contributed by atoms with van der Waals surface area (Å²) < 4.78 is 0. The lowest BCUT2D eigenvalue weighted by atomic mass is 9.84. The lowest BCUT2D eigenvalue weighted by molar-refractivity contribution is -0.152. The van der Waals surface area contributed by atoms with Crippen LogP contribution in [0.2, 0.25) is 0 Å². The molecule has 2 N–H and O–H groups in total. The van der Waals surface area contributed by atoms with Crippen LogP contribution in [-0.4, -0.2) is 76.5 Å². The zero-order valence-corrected chi connectivity index (χ0v) is 17.5. The van der Waals surface area contributed by atoms with E-state index < -0.39 is 0 Å². The van der Waals surface area contributed by atoms with Crippen LogP contribution < -0.4 is 10.6 Å². The van der Waals surface area contributed by atoms with Crippen LogP contribution in [0.15, 0.2) is 0 Å². The second-order valence-electron chi connectivity index (χ2n) is 8.75. The van der Waals surface area contributed by atoms with Crippen molar-refractivity contribution in [2.75, 3.05) is 26.2 Å². The molecule has 1 aliphatic carbocycles. The molecule has 3 saturated heterocycles. The highest BCUT2D eigenvalue weighted by Gasteiger charge is 2.46. The summed E-state index contributed by atoms with van der Waals surface area (Å²) in [5.74, 6) is 1.08. The third-order valence-electron chi connectivity index (χ3n) is 6.89. The van der Waals surface area contributed by atoms with Crippen molar-refractivity contribution in [1.82, 2.24) is 20.4 Å². The van der Waals surface area contributed by atoms with Crippen LogP contribution in [0.25, 0.3) is 0 Å². The van der Waals surface area contributed by atoms with Gasteiger partial charge in [0.25, 0.3) is 0 Å². The summed E-state index contributed by atoms with van der Waals surface area (Å²) in [6, 6.07) is 0.535. The quantitative estimate of drug-likeness (QED) is 0.741. The minimum atomic E-state index is 0.0237. The van der Waals surface area contributed by atoms with E-state index in [9.17, 15) is 9.59 Å². The van der Waals surface area contributed by atoms with Crippen molar-refractivity contribution in [1.29, 1.82) is 0 Å². The molecule has 0 bridgehead atoms. The number of nitrogens with zero attached hydrogens (tertiary/aromatic N) is 2. The number of thioether (sulfide) groups is 1. The molecule has 27 heavy (non-hydrogen) atoms. The maximum Gasteiger partial charge on any atom is 0.237 e. The minimum absolute atomic E-state index is 0.0237. The van der Waals surface area contributed by atoms with Gasteiger partial charge in [-0.3, -0.25) is 9.59 Å². The molecule has 0 aromatic carbocycles. The number of hydrogen-bond donors (Lipinski definition) is 2. The maximum atomic E-state index is 13.5. The van der Waals surface area contributed by atoms with E-state index in [-0.39, 0.29) is 29.3 Å². The average Bonchev–Trinajstić information content (AvgIpc) is 3.17.